The molecule has 0 radical (unpaired) electrons. The molecule has 1 amide bonds. The van der Waals surface area contributed by atoms with Crippen molar-refractivity contribution in [3.63, 3.8) is 0 Å². The van der Waals surface area contributed by atoms with Crippen molar-refractivity contribution in [1.29, 1.82) is 0 Å². The van der Waals surface area contributed by atoms with E-state index in [1.54, 1.807) is 10.9 Å². The van der Waals surface area contributed by atoms with Crippen LogP contribution in [0.25, 0.3) is 0 Å². The van der Waals surface area contributed by atoms with Gasteiger partial charge in [-0.25, -0.2) is 4.98 Å². The fraction of sp³-hybridized carbons (Fsp3) is 0.286. The van der Waals surface area contributed by atoms with E-state index in [-0.39, 0.29) is 5.91 Å². The number of halogens is 1. The minimum Gasteiger partial charge on any atom is -0.330 e. The van der Waals surface area contributed by atoms with Crippen LogP contribution in [-0.2, 0) is 6.54 Å². The van der Waals surface area contributed by atoms with E-state index in [9.17, 15) is 4.79 Å². The van der Waals surface area contributed by atoms with Gasteiger partial charge in [-0.3, -0.25) is 4.79 Å². The zero-order valence-corrected chi connectivity index (χ0v) is 11.8. The second-order valence-corrected chi connectivity index (χ2v) is 5.82. The summed E-state index contributed by atoms with van der Waals surface area (Å²) in [6, 6.07) is 8.01. The lowest BCUT2D eigenvalue weighted by Gasteiger charge is -2.21. The van der Waals surface area contributed by atoms with Gasteiger partial charge in [0.25, 0.3) is 5.91 Å². The molecule has 3 rings (SSSR count). The third-order valence-corrected chi connectivity index (χ3v) is 4.00. The molecule has 1 aliphatic rings. The van der Waals surface area contributed by atoms with Crippen molar-refractivity contribution in [2.45, 2.75) is 25.4 Å². The highest BCUT2D eigenvalue weighted by molar-refractivity contribution is 7.07. The van der Waals surface area contributed by atoms with E-state index >= 15 is 0 Å². The molecular formula is C14H13ClN2OS. The second kappa shape index (κ2) is 5.31. The van der Waals surface area contributed by atoms with Crippen molar-refractivity contribution in [3.8, 4) is 0 Å². The summed E-state index contributed by atoms with van der Waals surface area (Å²) in [5, 5.41) is 2.52. The van der Waals surface area contributed by atoms with Crippen molar-refractivity contribution >= 4 is 28.8 Å². The smallest absolute Gasteiger partial charge is 0.273 e. The van der Waals surface area contributed by atoms with E-state index in [1.807, 2.05) is 29.2 Å². The molecule has 1 fully saturated rings. The molecule has 98 valence electrons. The van der Waals surface area contributed by atoms with Gasteiger partial charge in [0.2, 0.25) is 0 Å². The third-order valence-electron chi connectivity index (χ3n) is 3.17. The van der Waals surface area contributed by atoms with Crippen LogP contribution >= 0.6 is 22.9 Å². The standard InChI is InChI=1S/C14H13ClN2OS/c15-11-3-1-10(2-4-11)7-17(12-5-6-12)14(18)13-8-19-9-16-13/h1-4,8-9,12H,5-7H2. The molecule has 0 bridgehead atoms. The maximum Gasteiger partial charge on any atom is 0.273 e. The summed E-state index contributed by atoms with van der Waals surface area (Å²) in [6.45, 7) is 0.623. The lowest BCUT2D eigenvalue weighted by molar-refractivity contribution is 0.0725. The van der Waals surface area contributed by atoms with Gasteiger partial charge in [0.15, 0.2) is 0 Å². The fourth-order valence-corrected chi connectivity index (χ4v) is 2.66. The highest BCUT2D eigenvalue weighted by atomic mass is 35.5. The molecule has 1 aromatic heterocycles. The first-order valence-corrected chi connectivity index (χ1v) is 7.50. The number of hydrogen-bond acceptors (Lipinski definition) is 3. The van der Waals surface area contributed by atoms with Crippen LogP contribution in [0, 0.1) is 0 Å². The first-order chi connectivity index (χ1) is 9.24. The van der Waals surface area contributed by atoms with E-state index < -0.39 is 0 Å². The van der Waals surface area contributed by atoms with Crippen LogP contribution < -0.4 is 0 Å². The highest BCUT2D eigenvalue weighted by Crippen LogP contribution is 2.30. The van der Waals surface area contributed by atoms with Gasteiger partial charge in [0.1, 0.15) is 5.69 Å². The Kier molecular flexibility index (Phi) is 3.53. The van der Waals surface area contributed by atoms with Gasteiger partial charge in [0, 0.05) is 23.0 Å². The normalized spacial score (nSPS) is 14.4. The van der Waals surface area contributed by atoms with Crippen molar-refractivity contribution in [1.82, 2.24) is 9.88 Å². The molecule has 0 aliphatic heterocycles. The zero-order valence-electron chi connectivity index (χ0n) is 10.3. The van der Waals surface area contributed by atoms with Crippen molar-refractivity contribution in [3.05, 3.63) is 51.4 Å². The summed E-state index contributed by atoms with van der Waals surface area (Å²) in [6.07, 6.45) is 2.17. The Labute approximate surface area is 120 Å². The first-order valence-electron chi connectivity index (χ1n) is 6.17. The number of hydrogen-bond donors (Lipinski definition) is 0. The van der Waals surface area contributed by atoms with E-state index in [0.717, 1.165) is 18.4 Å². The molecule has 19 heavy (non-hydrogen) atoms. The Balaban J connectivity index is 1.78. The van der Waals surface area contributed by atoms with Crippen LogP contribution in [0.2, 0.25) is 5.02 Å². The van der Waals surface area contributed by atoms with Gasteiger partial charge in [0.05, 0.1) is 5.51 Å². The van der Waals surface area contributed by atoms with Gasteiger partial charge < -0.3 is 4.90 Å². The molecule has 3 nitrogen and oxygen atoms in total. The quantitative estimate of drug-likeness (QED) is 0.862. The van der Waals surface area contributed by atoms with Gasteiger partial charge in [-0.05, 0) is 30.5 Å². The van der Waals surface area contributed by atoms with Gasteiger partial charge in [-0.2, -0.15) is 0 Å². The maximum absolute atomic E-state index is 12.4. The first kappa shape index (κ1) is 12.6. The molecule has 1 saturated carbocycles. The fourth-order valence-electron chi connectivity index (χ4n) is 2.00. The molecular weight excluding hydrogens is 280 g/mol. The van der Waals surface area contributed by atoms with Crippen molar-refractivity contribution in [2.24, 2.45) is 0 Å². The third kappa shape index (κ3) is 2.96. The van der Waals surface area contributed by atoms with Gasteiger partial charge in [-0.15, -0.1) is 11.3 Å². The number of aromatic nitrogens is 1. The lowest BCUT2D eigenvalue weighted by atomic mass is 10.2. The van der Waals surface area contributed by atoms with E-state index in [1.165, 1.54) is 11.3 Å². The van der Waals surface area contributed by atoms with E-state index in [2.05, 4.69) is 4.98 Å². The number of carbonyl (C=O) groups is 1. The molecule has 1 aromatic carbocycles. The number of benzene rings is 1. The van der Waals surface area contributed by atoms with E-state index in [0.29, 0.717) is 23.3 Å². The predicted molar refractivity (Wildman–Crippen MR) is 76.5 cm³/mol. The van der Waals surface area contributed by atoms with Crippen LogP contribution in [0.5, 0.6) is 0 Å². The monoisotopic (exact) mass is 292 g/mol. The SMILES string of the molecule is O=C(c1cscn1)N(Cc1ccc(Cl)cc1)C1CC1. The summed E-state index contributed by atoms with van der Waals surface area (Å²) < 4.78 is 0. The molecule has 0 unspecified atom stereocenters. The Morgan fingerprint density at radius 2 is 2.11 bits per heavy atom. The molecule has 1 aliphatic carbocycles. The molecule has 0 atom stereocenters. The van der Waals surface area contributed by atoms with Gasteiger partial charge in [-0.1, -0.05) is 23.7 Å². The van der Waals surface area contributed by atoms with Crippen LogP contribution in [-0.4, -0.2) is 21.8 Å². The summed E-state index contributed by atoms with van der Waals surface area (Å²) in [5.41, 5.74) is 3.34. The molecule has 0 saturated heterocycles. The Bertz CT molecular complexity index is 564. The minimum atomic E-state index is 0.0266. The van der Waals surface area contributed by atoms with Crippen LogP contribution in [0.4, 0.5) is 0 Å². The van der Waals surface area contributed by atoms with E-state index in [4.69, 9.17) is 11.6 Å². The topological polar surface area (TPSA) is 33.2 Å². The Morgan fingerprint density at radius 3 is 2.68 bits per heavy atom. The summed E-state index contributed by atoms with van der Waals surface area (Å²) >= 11 is 7.33. The highest BCUT2D eigenvalue weighted by Gasteiger charge is 2.33. The van der Waals surface area contributed by atoms with Crippen LogP contribution in [0.1, 0.15) is 28.9 Å². The summed E-state index contributed by atoms with van der Waals surface area (Å²) in [4.78, 5) is 18.4. The number of rotatable bonds is 4. The van der Waals surface area contributed by atoms with Crippen molar-refractivity contribution in [2.75, 3.05) is 0 Å². The number of thiazole rings is 1. The second-order valence-electron chi connectivity index (χ2n) is 4.66. The zero-order chi connectivity index (χ0) is 13.2. The largest absolute Gasteiger partial charge is 0.330 e. The summed E-state index contributed by atoms with van der Waals surface area (Å²) in [5.74, 6) is 0.0266. The molecule has 0 N–H and O–H groups in total. The Morgan fingerprint density at radius 1 is 1.37 bits per heavy atom. The van der Waals surface area contributed by atoms with Crippen molar-refractivity contribution < 1.29 is 4.79 Å². The number of carbonyl (C=O) groups excluding carboxylic acids is 1. The molecule has 0 spiro atoms. The maximum atomic E-state index is 12.4. The Hall–Kier alpha value is -1.39. The predicted octanol–water partition coefficient (Wildman–Crippen LogP) is 3.60. The molecule has 2 aromatic rings. The van der Waals surface area contributed by atoms with Crippen LogP contribution in [0.3, 0.4) is 0 Å². The average Bonchev–Trinajstić information content (AvgIpc) is 3.11. The molecule has 5 heteroatoms. The number of nitrogens with zero attached hydrogens (tertiary/aromatic N) is 2. The number of amides is 1. The average molecular weight is 293 g/mol. The lowest BCUT2D eigenvalue weighted by Crippen LogP contribution is -2.32. The van der Waals surface area contributed by atoms with Gasteiger partial charge >= 0.3 is 0 Å². The summed E-state index contributed by atoms with van der Waals surface area (Å²) in [7, 11) is 0. The van der Waals surface area contributed by atoms with Crippen LogP contribution in [0.15, 0.2) is 35.2 Å². The minimum absolute atomic E-state index is 0.0266. The molecule has 1 heterocycles.